The minimum Gasteiger partial charge on any atom is -0.342 e. The molecule has 0 unspecified atom stereocenters. The average molecular weight is 301 g/mol. The van der Waals surface area contributed by atoms with E-state index in [-0.39, 0.29) is 24.2 Å². The van der Waals surface area contributed by atoms with Gasteiger partial charge in [-0.3, -0.25) is 19.3 Å². The summed E-state index contributed by atoms with van der Waals surface area (Å²) in [6, 6.07) is 5.51. The maximum atomic E-state index is 12.4. The number of pyridine rings is 1. The van der Waals surface area contributed by atoms with Crippen LogP contribution in [-0.2, 0) is 9.59 Å². The topological polar surface area (TPSA) is 79.6 Å². The van der Waals surface area contributed by atoms with Crippen LogP contribution >= 0.6 is 0 Å². The summed E-state index contributed by atoms with van der Waals surface area (Å²) in [5.74, 6) is 0.307. The van der Waals surface area contributed by atoms with Crippen LogP contribution in [0.3, 0.4) is 0 Å². The molecule has 0 aliphatic carbocycles. The molecule has 22 heavy (non-hydrogen) atoms. The molecular weight excluding hydrogens is 282 g/mol. The van der Waals surface area contributed by atoms with E-state index in [1.807, 2.05) is 18.2 Å². The van der Waals surface area contributed by atoms with Gasteiger partial charge in [0.05, 0.1) is 5.92 Å². The van der Waals surface area contributed by atoms with Gasteiger partial charge in [-0.25, -0.2) is 0 Å². The molecule has 116 valence electrons. The lowest BCUT2D eigenvalue weighted by Crippen LogP contribution is -2.31. The van der Waals surface area contributed by atoms with Gasteiger partial charge in [-0.1, -0.05) is 19.9 Å². The van der Waals surface area contributed by atoms with Crippen molar-refractivity contribution in [1.82, 2.24) is 19.5 Å². The molecular formula is C15H19N5O2. The molecule has 2 aromatic heterocycles. The Kier molecular flexibility index (Phi) is 3.79. The number of nitrogens with zero attached hydrogens (tertiary/aromatic N) is 4. The second-order valence-electron chi connectivity index (χ2n) is 6.04. The van der Waals surface area contributed by atoms with E-state index in [0.29, 0.717) is 30.6 Å². The maximum absolute atomic E-state index is 12.4. The quantitative estimate of drug-likeness (QED) is 0.919. The summed E-state index contributed by atoms with van der Waals surface area (Å²) in [6.45, 7) is 5.28. The van der Waals surface area contributed by atoms with Crippen molar-refractivity contribution < 1.29 is 9.59 Å². The van der Waals surface area contributed by atoms with Crippen LogP contribution in [0.15, 0.2) is 24.4 Å². The lowest BCUT2D eigenvalue weighted by Gasteiger charge is -2.18. The van der Waals surface area contributed by atoms with Gasteiger partial charge >= 0.3 is 0 Å². The van der Waals surface area contributed by atoms with E-state index in [4.69, 9.17) is 0 Å². The molecule has 0 radical (unpaired) electrons. The number of nitrogens with one attached hydrogen (secondary N) is 1. The third kappa shape index (κ3) is 2.79. The molecule has 1 aliphatic heterocycles. The number of hydrogen-bond donors (Lipinski definition) is 1. The minimum atomic E-state index is -0.331. The Morgan fingerprint density at radius 1 is 1.41 bits per heavy atom. The van der Waals surface area contributed by atoms with Gasteiger partial charge in [0.1, 0.15) is 0 Å². The van der Waals surface area contributed by atoms with Crippen LogP contribution < -0.4 is 5.32 Å². The van der Waals surface area contributed by atoms with Gasteiger partial charge in [-0.15, -0.1) is 10.2 Å². The molecule has 3 rings (SSSR count). The van der Waals surface area contributed by atoms with Crippen LogP contribution in [0, 0.1) is 11.8 Å². The van der Waals surface area contributed by atoms with Gasteiger partial charge in [-0.05, 0) is 18.1 Å². The molecule has 0 spiro atoms. The highest BCUT2D eigenvalue weighted by Crippen LogP contribution is 2.20. The minimum absolute atomic E-state index is 0.0416. The van der Waals surface area contributed by atoms with Gasteiger partial charge < -0.3 is 4.90 Å². The lowest BCUT2D eigenvalue weighted by molar-refractivity contribution is -0.128. The standard InChI is InChI=1S/C15H19N5O2/c1-10(2)8-19-9-11(7-13(19)21)14(22)16-15-18-17-12-5-3-4-6-20(12)15/h3-6,10-11H,7-9H2,1-2H3,(H,16,18,22)/t11-/m0/s1. The molecule has 1 saturated heterocycles. The van der Waals surface area contributed by atoms with Crippen molar-refractivity contribution in [3.63, 3.8) is 0 Å². The number of hydrogen-bond acceptors (Lipinski definition) is 4. The van der Waals surface area contributed by atoms with Crippen LogP contribution in [0.25, 0.3) is 5.65 Å². The fourth-order valence-corrected chi connectivity index (χ4v) is 2.70. The summed E-state index contributed by atoms with van der Waals surface area (Å²) in [4.78, 5) is 26.1. The zero-order chi connectivity index (χ0) is 15.7. The molecule has 1 fully saturated rings. The van der Waals surface area contributed by atoms with E-state index < -0.39 is 0 Å². The molecule has 0 saturated carbocycles. The van der Waals surface area contributed by atoms with Crippen molar-refractivity contribution in [2.24, 2.45) is 11.8 Å². The highest BCUT2D eigenvalue weighted by Gasteiger charge is 2.34. The zero-order valence-electron chi connectivity index (χ0n) is 12.7. The first kappa shape index (κ1) is 14.5. The van der Waals surface area contributed by atoms with Crippen LogP contribution in [0.4, 0.5) is 5.95 Å². The van der Waals surface area contributed by atoms with E-state index in [2.05, 4.69) is 29.4 Å². The largest absolute Gasteiger partial charge is 0.342 e. The number of rotatable bonds is 4. The SMILES string of the molecule is CC(C)CN1C[C@@H](C(=O)Nc2nnc3ccccn23)CC1=O. The van der Waals surface area contributed by atoms with Crippen molar-refractivity contribution in [3.8, 4) is 0 Å². The third-order valence-electron chi connectivity index (χ3n) is 3.72. The first-order chi connectivity index (χ1) is 10.5. The monoisotopic (exact) mass is 301 g/mol. The second-order valence-corrected chi connectivity index (χ2v) is 6.04. The first-order valence-electron chi connectivity index (χ1n) is 7.43. The molecule has 2 aromatic rings. The summed E-state index contributed by atoms with van der Waals surface area (Å²) < 4.78 is 1.71. The predicted octanol–water partition coefficient (Wildman–Crippen LogP) is 1.17. The molecule has 1 N–H and O–H groups in total. The van der Waals surface area contributed by atoms with Gasteiger partial charge in [0.15, 0.2) is 5.65 Å². The smallest absolute Gasteiger partial charge is 0.235 e. The van der Waals surface area contributed by atoms with Crippen molar-refractivity contribution in [1.29, 1.82) is 0 Å². The molecule has 1 aliphatic rings. The van der Waals surface area contributed by atoms with Crippen LogP contribution in [-0.4, -0.2) is 44.4 Å². The molecule has 3 heterocycles. The summed E-state index contributed by atoms with van der Waals surface area (Å²) >= 11 is 0. The van der Waals surface area contributed by atoms with Crippen molar-refractivity contribution in [2.45, 2.75) is 20.3 Å². The third-order valence-corrected chi connectivity index (χ3v) is 3.72. The number of carbonyl (C=O) groups is 2. The van der Waals surface area contributed by atoms with E-state index >= 15 is 0 Å². The highest BCUT2D eigenvalue weighted by molar-refractivity contribution is 5.96. The zero-order valence-corrected chi connectivity index (χ0v) is 12.7. The summed E-state index contributed by atoms with van der Waals surface area (Å²) in [6.07, 6.45) is 2.05. The molecule has 1 atom stereocenters. The fraction of sp³-hybridized carbons (Fsp3) is 0.467. The highest BCUT2D eigenvalue weighted by atomic mass is 16.2. The Morgan fingerprint density at radius 2 is 2.23 bits per heavy atom. The number of amides is 2. The molecule has 7 nitrogen and oxygen atoms in total. The molecule has 2 amide bonds. The Hall–Kier alpha value is -2.44. The summed E-state index contributed by atoms with van der Waals surface area (Å²) in [5.41, 5.74) is 0.668. The van der Waals surface area contributed by atoms with Crippen molar-refractivity contribution >= 4 is 23.4 Å². The normalized spacial score (nSPS) is 18.4. The predicted molar refractivity (Wildman–Crippen MR) is 81.1 cm³/mol. The van der Waals surface area contributed by atoms with Crippen molar-refractivity contribution in [2.75, 3.05) is 18.4 Å². The average Bonchev–Trinajstić information content (AvgIpc) is 3.04. The number of carbonyl (C=O) groups excluding carboxylic acids is 2. The Labute approximate surface area is 128 Å². The molecule has 7 heteroatoms. The Morgan fingerprint density at radius 3 is 3.00 bits per heavy atom. The summed E-state index contributed by atoms with van der Waals surface area (Å²) in [7, 11) is 0. The fourth-order valence-electron chi connectivity index (χ4n) is 2.70. The number of anilines is 1. The summed E-state index contributed by atoms with van der Waals surface area (Å²) in [5, 5.41) is 10.7. The van der Waals surface area contributed by atoms with Gasteiger partial charge in [-0.2, -0.15) is 0 Å². The maximum Gasteiger partial charge on any atom is 0.235 e. The number of likely N-dealkylation sites (tertiary alicyclic amines) is 1. The lowest BCUT2D eigenvalue weighted by atomic mass is 10.1. The Bertz CT molecular complexity index is 709. The van der Waals surface area contributed by atoms with Gasteiger partial charge in [0, 0.05) is 25.7 Å². The number of fused-ring (bicyclic) bond motifs is 1. The molecule has 0 aromatic carbocycles. The van der Waals surface area contributed by atoms with Crippen LogP contribution in [0.2, 0.25) is 0 Å². The number of aromatic nitrogens is 3. The van der Waals surface area contributed by atoms with Crippen molar-refractivity contribution in [3.05, 3.63) is 24.4 Å². The molecule has 0 bridgehead atoms. The van der Waals surface area contributed by atoms with Crippen LogP contribution in [0.5, 0.6) is 0 Å². The van der Waals surface area contributed by atoms with E-state index in [1.165, 1.54) is 0 Å². The van der Waals surface area contributed by atoms with Crippen LogP contribution in [0.1, 0.15) is 20.3 Å². The van der Waals surface area contributed by atoms with Gasteiger partial charge in [0.2, 0.25) is 17.8 Å². The van der Waals surface area contributed by atoms with E-state index in [9.17, 15) is 9.59 Å². The van der Waals surface area contributed by atoms with Gasteiger partial charge in [0.25, 0.3) is 0 Å². The Balaban J connectivity index is 1.69. The van der Waals surface area contributed by atoms with E-state index in [0.717, 1.165) is 0 Å². The first-order valence-corrected chi connectivity index (χ1v) is 7.43. The second kappa shape index (κ2) is 5.75. The van der Waals surface area contributed by atoms with E-state index in [1.54, 1.807) is 15.5 Å².